The van der Waals surface area contributed by atoms with Crippen LogP contribution in [0.1, 0.15) is 51.1 Å². The molecule has 1 aliphatic rings. The first-order valence-electron chi connectivity index (χ1n) is 8.23. The summed E-state index contributed by atoms with van der Waals surface area (Å²) in [6, 6.07) is 8.53. The van der Waals surface area contributed by atoms with Gasteiger partial charge in [-0.05, 0) is 49.9 Å². The summed E-state index contributed by atoms with van der Waals surface area (Å²) < 4.78 is 11.4. The van der Waals surface area contributed by atoms with Gasteiger partial charge >= 0.3 is 0 Å². The molecule has 1 saturated carbocycles. The number of rotatable bonds is 8. The molecule has 0 aromatic heterocycles. The third-order valence-corrected chi connectivity index (χ3v) is 4.44. The minimum atomic E-state index is 0.180. The van der Waals surface area contributed by atoms with Crippen LogP contribution < -0.4 is 10.1 Å². The van der Waals surface area contributed by atoms with Gasteiger partial charge in [0.2, 0.25) is 0 Å². The molecule has 3 nitrogen and oxygen atoms in total. The van der Waals surface area contributed by atoms with Crippen molar-refractivity contribution in [2.24, 2.45) is 5.92 Å². The van der Waals surface area contributed by atoms with E-state index in [4.69, 9.17) is 9.47 Å². The van der Waals surface area contributed by atoms with E-state index < -0.39 is 0 Å². The van der Waals surface area contributed by atoms with Crippen molar-refractivity contribution in [1.29, 1.82) is 0 Å². The van der Waals surface area contributed by atoms with Crippen molar-refractivity contribution in [3.8, 4) is 5.75 Å². The van der Waals surface area contributed by atoms with E-state index in [2.05, 4.69) is 31.3 Å². The quantitative estimate of drug-likeness (QED) is 0.787. The predicted molar refractivity (Wildman–Crippen MR) is 86.8 cm³/mol. The summed E-state index contributed by atoms with van der Waals surface area (Å²) in [5, 5.41) is 3.55. The zero-order chi connectivity index (χ0) is 15.1. The smallest absolute Gasteiger partial charge is 0.118 e. The number of hydrogen-bond acceptors (Lipinski definition) is 3. The van der Waals surface area contributed by atoms with E-state index in [0.717, 1.165) is 24.8 Å². The minimum Gasteiger partial charge on any atom is -0.497 e. The van der Waals surface area contributed by atoms with Crippen LogP contribution in [-0.2, 0) is 4.74 Å². The Balaban J connectivity index is 1.94. The molecule has 2 unspecified atom stereocenters. The Kier molecular flexibility index (Phi) is 6.52. The number of likely N-dealkylation sites (N-methyl/N-ethyl adjacent to an activating group) is 1. The highest BCUT2D eigenvalue weighted by Crippen LogP contribution is 2.27. The SMILES string of the molecule is CCNC(c1ccc(OC)cc1)C(C)OCC1CCCC1. The van der Waals surface area contributed by atoms with Crippen LogP contribution in [0.3, 0.4) is 0 Å². The zero-order valence-corrected chi connectivity index (χ0v) is 13.6. The third-order valence-electron chi connectivity index (χ3n) is 4.44. The maximum atomic E-state index is 6.16. The van der Waals surface area contributed by atoms with E-state index in [-0.39, 0.29) is 12.1 Å². The highest BCUT2D eigenvalue weighted by molar-refractivity contribution is 5.29. The molecule has 0 heterocycles. The van der Waals surface area contributed by atoms with Gasteiger partial charge in [-0.25, -0.2) is 0 Å². The first-order valence-corrected chi connectivity index (χ1v) is 8.23. The highest BCUT2D eigenvalue weighted by Gasteiger charge is 2.22. The lowest BCUT2D eigenvalue weighted by Gasteiger charge is -2.27. The Morgan fingerprint density at radius 3 is 2.43 bits per heavy atom. The summed E-state index contributed by atoms with van der Waals surface area (Å²) in [6.45, 7) is 6.15. The Morgan fingerprint density at radius 2 is 1.86 bits per heavy atom. The molecule has 118 valence electrons. The largest absolute Gasteiger partial charge is 0.497 e. The maximum absolute atomic E-state index is 6.16. The molecule has 2 atom stereocenters. The molecule has 1 aliphatic carbocycles. The topological polar surface area (TPSA) is 30.5 Å². The summed E-state index contributed by atoms with van der Waals surface area (Å²) in [6.07, 6.45) is 5.59. The first-order chi connectivity index (χ1) is 10.2. The molecule has 0 radical (unpaired) electrons. The van der Waals surface area contributed by atoms with Gasteiger partial charge in [0.15, 0.2) is 0 Å². The summed E-state index contributed by atoms with van der Waals surface area (Å²) in [4.78, 5) is 0. The fraction of sp³-hybridized carbons (Fsp3) is 0.667. The molecule has 0 saturated heterocycles. The van der Waals surface area contributed by atoms with Crippen LogP contribution in [0.25, 0.3) is 0 Å². The van der Waals surface area contributed by atoms with E-state index in [1.54, 1.807) is 7.11 Å². The molecule has 21 heavy (non-hydrogen) atoms. The molecule has 1 fully saturated rings. The number of benzene rings is 1. The Hall–Kier alpha value is -1.06. The monoisotopic (exact) mass is 291 g/mol. The normalized spacial score (nSPS) is 18.6. The van der Waals surface area contributed by atoms with Gasteiger partial charge in [-0.2, -0.15) is 0 Å². The van der Waals surface area contributed by atoms with Gasteiger partial charge in [0, 0.05) is 6.61 Å². The number of methoxy groups -OCH3 is 1. The molecule has 0 spiro atoms. The first kappa shape index (κ1) is 16.3. The fourth-order valence-corrected chi connectivity index (χ4v) is 3.15. The third kappa shape index (κ3) is 4.72. The van der Waals surface area contributed by atoms with Gasteiger partial charge in [0.1, 0.15) is 5.75 Å². The Bertz CT molecular complexity index is 398. The highest BCUT2D eigenvalue weighted by atomic mass is 16.5. The van der Waals surface area contributed by atoms with E-state index in [0.29, 0.717) is 0 Å². The maximum Gasteiger partial charge on any atom is 0.118 e. The van der Waals surface area contributed by atoms with Crippen molar-refractivity contribution in [2.75, 3.05) is 20.3 Å². The predicted octanol–water partition coefficient (Wildman–Crippen LogP) is 3.94. The summed E-state index contributed by atoms with van der Waals surface area (Å²) in [5.41, 5.74) is 1.26. The van der Waals surface area contributed by atoms with Crippen LogP contribution in [0, 0.1) is 5.92 Å². The van der Waals surface area contributed by atoms with Gasteiger partial charge in [-0.15, -0.1) is 0 Å². The minimum absolute atomic E-state index is 0.180. The van der Waals surface area contributed by atoms with Crippen LogP contribution in [-0.4, -0.2) is 26.4 Å². The Labute approximate surface area is 129 Å². The van der Waals surface area contributed by atoms with Crippen molar-refractivity contribution in [1.82, 2.24) is 5.32 Å². The van der Waals surface area contributed by atoms with Crippen molar-refractivity contribution in [3.63, 3.8) is 0 Å². The zero-order valence-electron chi connectivity index (χ0n) is 13.6. The van der Waals surface area contributed by atoms with Crippen molar-refractivity contribution in [2.45, 2.75) is 51.7 Å². The average Bonchev–Trinajstić information content (AvgIpc) is 3.04. The average molecular weight is 291 g/mol. The number of nitrogens with one attached hydrogen (secondary N) is 1. The second kappa shape index (κ2) is 8.40. The van der Waals surface area contributed by atoms with Gasteiger partial charge in [-0.1, -0.05) is 31.9 Å². The standard InChI is InChI=1S/C18H29NO2/c1-4-19-18(16-9-11-17(20-3)12-10-16)14(2)21-13-15-7-5-6-8-15/h9-12,14-15,18-19H,4-8,13H2,1-3H3. The lowest BCUT2D eigenvalue weighted by molar-refractivity contribution is 0.0181. The van der Waals surface area contributed by atoms with E-state index in [9.17, 15) is 0 Å². The van der Waals surface area contributed by atoms with E-state index in [1.807, 2.05) is 12.1 Å². The summed E-state index contributed by atoms with van der Waals surface area (Å²) >= 11 is 0. The molecule has 0 bridgehead atoms. The van der Waals surface area contributed by atoms with Crippen LogP contribution >= 0.6 is 0 Å². The second-order valence-electron chi connectivity index (χ2n) is 6.00. The molecule has 0 amide bonds. The Morgan fingerprint density at radius 1 is 1.19 bits per heavy atom. The van der Waals surface area contributed by atoms with Crippen LogP contribution in [0.15, 0.2) is 24.3 Å². The summed E-state index contributed by atoms with van der Waals surface area (Å²) in [7, 11) is 1.70. The van der Waals surface area contributed by atoms with E-state index >= 15 is 0 Å². The fourth-order valence-electron chi connectivity index (χ4n) is 3.15. The van der Waals surface area contributed by atoms with Crippen molar-refractivity contribution in [3.05, 3.63) is 29.8 Å². The molecule has 1 aromatic rings. The molecular weight excluding hydrogens is 262 g/mol. The lowest BCUT2D eigenvalue weighted by atomic mass is 10.0. The number of hydrogen-bond donors (Lipinski definition) is 1. The summed E-state index contributed by atoms with van der Waals surface area (Å²) in [5.74, 6) is 1.67. The van der Waals surface area contributed by atoms with Crippen LogP contribution in [0.2, 0.25) is 0 Å². The van der Waals surface area contributed by atoms with Gasteiger partial charge in [0.05, 0.1) is 19.3 Å². The van der Waals surface area contributed by atoms with Crippen molar-refractivity contribution >= 4 is 0 Å². The number of ether oxygens (including phenoxy) is 2. The van der Waals surface area contributed by atoms with E-state index in [1.165, 1.54) is 31.2 Å². The molecule has 3 heteroatoms. The molecule has 1 N–H and O–H groups in total. The molecule has 2 rings (SSSR count). The molecule has 1 aromatic carbocycles. The molecular formula is C18H29NO2. The molecule has 0 aliphatic heterocycles. The second-order valence-corrected chi connectivity index (χ2v) is 6.00. The lowest BCUT2D eigenvalue weighted by Crippen LogP contribution is -2.32. The van der Waals surface area contributed by atoms with Crippen LogP contribution in [0.5, 0.6) is 5.75 Å². The van der Waals surface area contributed by atoms with Crippen molar-refractivity contribution < 1.29 is 9.47 Å². The van der Waals surface area contributed by atoms with Gasteiger partial charge < -0.3 is 14.8 Å². The van der Waals surface area contributed by atoms with Crippen LogP contribution in [0.4, 0.5) is 0 Å². The van der Waals surface area contributed by atoms with Gasteiger partial charge in [0.25, 0.3) is 0 Å². The van der Waals surface area contributed by atoms with Gasteiger partial charge in [-0.3, -0.25) is 0 Å².